The van der Waals surface area contributed by atoms with E-state index in [1.807, 2.05) is 0 Å². The van der Waals surface area contributed by atoms with Gasteiger partial charge < -0.3 is 15.2 Å². The molecule has 1 atom stereocenters. The number of amides is 1. The zero-order chi connectivity index (χ0) is 21.3. The Morgan fingerprint density at radius 1 is 1.32 bits per heavy atom. The predicted octanol–water partition coefficient (Wildman–Crippen LogP) is 4.16. The van der Waals surface area contributed by atoms with Crippen molar-refractivity contribution >= 4 is 23.7 Å². The minimum absolute atomic E-state index is 0.111. The Morgan fingerprint density at radius 3 is 2.50 bits per heavy atom. The number of nitrogens with one attached hydrogen (secondary N) is 1. The number of aromatic carboxylic acids is 1. The topological polar surface area (TPSA) is 78.9 Å². The normalized spacial score (nSPS) is 18.2. The van der Waals surface area contributed by atoms with Crippen molar-refractivity contribution in [3.05, 3.63) is 33.8 Å². The lowest BCUT2D eigenvalue weighted by molar-refractivity contribution is -0.138. The van der Waals surface area contributed by atoms with E-state index < -0.39 is 35.0 Å². The molecule has 1 saturated heterocycles. The predicted molar refractivity (Wildman–Crippen MR) is 96.5 cm³/mol. The molecule has 1 aliphatic heterocycles. The molecule has 1 heterocycles. The van der Waals surface area contributed by atoms with E-state index >= 15 is 0 Å². The molecule has 156 valence electrons. The molecule has 0 bridgehead atoms. The van der Waals surface area contributed by atoms with Gasteiger partial charge in [0.15, 0.2) is 0 Å². The van der Waals surface area contributed by atoms with E-state index in [1.54, 1.807) is 25.7 Å². The summed E-state index contributed by atoms with van der Waals surface area (Å²) in [6.07, 6.45) is -4.77. The number of ether oxygens (including phenoxy) is 1. The minimum Gasteiger partial charge on any atom is -0.478 e. The summed E-state index contributed by atoms with van der Waals surface area (Å²) < 4.78 is 45.4. The maximum atomic E-state index is 13.4. The van der Waals surface area contributed by atoms with Crippen molar-refractivity contribution in [1.82, 2.24) is 10.2 Å². The lowest BCUT2D eigenvalue weighted by Gasteiger charge is -2.23. The number of alkyl halides is 3. The van der Waals surface area contributed by atoms with Gasteiger partial charge in [-0.3, -0.25) is 4.90 Å². The van der Waals surface area contributed by atoms with Gasteiger partial charge >= 0.3 is 18.2 Å². The zero-order valence-electron chi connectivity index (χ0n) is 15.7. The average molecular weight is 423 g/mol. The molecule has 0 saturated carbocycles. The highest BCUT2D eigenvalue weighted by Crippen LogP contribution is 2.37. The highest BCUT2D eigenvalue weighted by molar-refractivity contribution is 6.31. The van der Waals surface area contributed by atoms with Gasteiger partial charge in [-0.15, -0.1) is 0 Å². The molecule has 2 N–H and O–H groups in total. The fraction of sp³-hybridized carbons (Fsp3) is 0.556. The van der Waals surface area contributed by atoms with Crippen LogP contribution in [0, 0.1) is 0 Å². The van der Waals surface area contributed by atoms with Crippen molar-refractivity contribution in [1.29, 1.82) is 0 Å². The molecule has 1 amide bonds. The van der Waals surface area contributed by atoms with Crippen LogP contribution in [0.3, 0.4) is 0 Å². The van der Waals surface area contributed by atoms with Crippen molar-refractivity contribution in [2.24, 2.45) is 0 Å². The number of carbonyl (C=O) groups excluding carboxylic acids is 1. The van der Waals surface area contributed by atoms with Crippen LogP contribution in [0.15, 0.2) is 12.1 Å². The number of carbonyl (C=O) groups is 2. The van der Waals surface area contributed by atoms with Crippen molar-refractivity contribution in [2.75, 3.05) is 13.1 Å². The number of nitrogens with zero attached hydrogens (tertiary/aromatic N) is 1. The van der Waals surface area contributed by atoms with Gasteiger partial charge in [0, 0.05) is 30.7 Å². The highest BCUT2D eigenvalue weighted by atomic mass is 35.5. The van der Waals surface area contributed by atoms with Crippen LogP contribution in [0.1, 0.15) is 48.7 Å². The van der Waals surface area contributed by atoms with Gasteiger partial charge in [-0.05, 0) is 44.9 Å². The van der Waals surface area contributed by atoms with Crippen LogP contribution >= 0.6 is 11.6 Å². The Hall–Kier alpha value is -2.00. The molecule has 0 aromatic heterocycles. The SMILES string of the molecule is CC(C)(C)OC(=O)N[C@@H]1CCN(Cc2c(Cl)cc(C(=O)O)cc2C(F)(F)F)C1. The minimum atomic E-state index is -4.74. The molecule has 1 aromatic rings. The maximum Gasteiger partial charge on any atom is 0.416 e. The van der Waals surface area contributed by atoms with Crippen LogP contribution in [-0.4, -0.2) is 46.8 Å². The Balaban J connectivity index is 2.12. The van der Waals surface area contributed by atoms with E-state index in [-0.39, 0.29) is 23.2 Å². The van der Waals surface area contributed by atoms with E-state index in [9.17, 15) is 22.8 Å². The fourth-order valence-electron chi connectivity index (χ4n) is 2.97. The molecule has 6 nitrogen and oxygen atoms in total. The molecular weight excluding hydrogens is 401 g/mol. The van der Waals surface area contributed by atoms with Gasteiger partial charge in [0.25, 0.3) is 0 Å². The van der Waals surface area contributed by atoms with E-state index in [2.05, 4.69) is 5.32 Å². The van der Waals surface area contributed by atoms with Gasteiger partial charge in [0.2, 0.25) is 0 Å². The second-order valence-corrected chi connectivity index (χ2v) is 8.06. The zero-order valence-corrected chi connectivity index (χ0v) is 16.4. The van der Waals surface area contributed by atoms with Crippen LogP contribution < -0.4 is 5.32 Å². The molecule has 0 radical (unpaired) electrons. The smallest absolute Gasteiger partial charge is 0.416 e. The summed E-state index contributed by atoms with van der Waals surface area (Å²) in [7, 11) is 0. The van der Waals surface area contributed by atoms with E-state index in [0.29, 0.717) is 25.6 Å². The molecule has 0 unspecified atom stereocenters. The van der Waals surface area contributed by atoms with Crippen LogP contribution in [0.4, 0.5) is 18.0 Å². The first-order valence-corrected chi connectivity index (χ1v) is 8.99. The van der Waals surface area contributed by atoms with Gasteiger partial charge in [0.05, 0.1) is 11.1 Å². The van der Waals surface area contributed by atoms with E-state index in [0.717, 1.165) is 6.07 Å². The number of hydrogen-bond acceptors (Lipinski definition) is 4. The Bertz CT molecular complexity index is 762. The first-order chi connectivity index (χ1) is 12.8. The third-order valence-corrected chi connectivity index (χ3v) is 4.46. The van der Waals surface area contributed by atoms with Crippen molar-refractivity contribution in [3.63, 3.8) is 0 Å². The monoisotopic (exact) mass is 422 g/mol. The number of halogens is 4. The fourth-order valence-corrected chi connectivity index (χ4v) is 3.24. The van der Waals surface area contributed by atoms with Gasteiger partial charge in [-0.1, -0.05) is 11.6 Å². The molecular formula is C18H22ClF3N2O4. The molecule has 2 rings (SSSR count). The number of likely N-dealkylation sites (tertiary alicyclic amines) is 1. The lowest BCUT2D eigenvalue weighted by Crippen LogP contribution is -2.40. The quantitative estimate of drug-likeness (QED) is 0.761. The van der Waals surface area contributed by atoms with Gasteiger partial charge in [-0.25, -0.2) is 9.59 Å². The summed E-state index contributed by atoms with van der Waals surface area (Å²) in [6.45, 7) is 5.86. The number of carboxylic acids is 1. The molecule has 1 aliphatic rings. The van der Waals surface area contributed by atoms with Crippen LogP contribution in [0.2, 0.25) is 5.02 Å². The van der Waals surface area contributed by atoms with Crippen molar-refractivity contribution in [3.8, 4) is 0 Å². The summed E-state index contributed by atoms with van der Waals surface area (Å²) in [4.78, 5) is 24.6. The summed E-state index contributed by atoms with van der Waals surface area (Å²) in [6, 6.07) is 1.35. The molecule has 0 aliphatic carbocycles. The van der Waals surface area contributed by atoms with Crippen molar-refractivity contribution in [2.45, 2.75) is 51.6 Å². The van der Waals surface area contributed by atoms with Crippen LogP contribution in [-0.2, 0) is 17.5 Å². The van der Waals surface area contributed by atoms with Crippen LogP contribution in [0.25, 0.3) is 0 Å². The summed E-state index contributed by atoms with van der Waals surface area (Å²) in [5.74, 6) is -1.48. The molecule has 0 spiro atoms. The Kier molecular flexibility index (Phi) is 6.50. The van der Waals surface area contributed by atoms with Crippen LogP contribution in [0.5, 0.6) is 0 Å². The summed E-state index contributed by atoms with van der Waals surface area (Å²) >= 11 is 5.98. The third kappa shape index (κ3) is 6.00. The molecule has 1 fully saturated rings. The third-order valence-electron chi connectivity index (χ3n) is 4.12. The van der Waals surface area contributed by atoms with Gasteiger partial charge in [-0.2, -0.15) is 13.2 Å². The van der Waals surface area contributed by atoms with Gasteiger partial charge in [0.1, 0.15) is 5.60 Å². The number of alkyl carbamates (subject to hydrolysis) is 1. The Labute approximate surface area is 165 Å². The van der Waals surface area contributed by atoms with E-state index in [1.165, 1.54) is 0 Å². The second kappa shape index (κ2) is 8.16. The standard InChI is InChI=1S/C18H22ClF3N2O4/c1-17(2,3)28-16(27)23-11-4-5-24(8-11)9-12-13(18(20,21)22)6-10(15(25)26)7-14(12)19/h6-7,11H,4-5,8-9H2,1-3H3,(H,23,27)(H,25,26)/t11-/m1/s1. The first kappa shape index (κ1) is 22.3. The number of carboxylic acid groups (broad SMARTS) is 1. The van der Waals surface area contributed by atoms with E-state index in [4.69, 9.17) is 21.4 Å². The van der Waals surface area contributed by atoms with Crippen molar-refractivity contribution < 1.29 is 32.6 Å². The summed E-state index contributed by atoms with van der Waals surface area (Å²) in [5.41, 5.74) is -2.42. The summed E-state index contributed by atoms with van der Waals surface area (Å²) in [5, 5.41) is 11.4. The Morgan fingerprint density at radius 2 is 1.96 bits per heavy atom. The largest absolute Gasteiger partial charge is 0.478 e. The molecule has 10 heteroatoms. The average Bonchev–Trinajstić information content (AvgIpc) is 2.92. The molecule has 28 heavy (non-hydrogen) atoms. The number of rotatable bonds is 4. The molecule has 1 aromatic carbocycles. The number of hydrogen-bond donors (Lipinski definition) is 2. The highest BCUT2D eigenvalue weighted by Gasteiger charge is 2.36. The lowest BCUT2D eigenvalue weighted by atomic mass is 10.0. The number of benzene rings is 1. The second-order valence-electron chi connectivity index (χ2n) is 7.65. The first-order valence-electron chi connectivity index (χ1n) is 8.61. The maximum absolute atomic E-state index is 13.4.